The summed E-state index contributed by atoms with van der Waals surface area (Å²) in [7, 11) is 1.77. The highest BCUT2D eigenvalue weighted by atomic mass is 16.5. The fourth-order valence-electron chi connectivity index (χ4n) is 1.29. The van der Waals surface area contributed by atoms with E-state index in [2.05, 4.69) is 0 Å². The van der Waals surface area contributed by atoms with Crippen LogP contribution in [0, 0.1) is 0 Å². The van der Waals surface area contributed by atoms with Gasteiger partial charge in [-0.2, -0.15) is 0 Å². The van der Waals surface area contributed by atoms with Gasteiger partial charge in [0.1, 0.15) is 6.10 Å². The van der Waals surface area contributed by atoms with Crippen molar-refractivity contribution >= 4 is 5.97 Å². The molecule has 0 aliphatic carbocycles. The lowest BCUT2D eigenvalue weighted by Gasteiger charge is -2.30. The first-order valence-electron chi connectivity index (χ1n) is 3.76. The van der Waals surface area contributed by atoms with E-state index < -0.39 is 0 Å². The van der Waals surface area contributed by atoms with Crippen LogP contribution in [0.3, 0.4) is 0 Å². The number of hydrogen-bond acceptors (Lipinski definition) is 4. The van der Waals surface area contributed by atoms with E-state index in [9.17, 15) is 4.79 Å². The standard InChI is InChI=1S/C7H14N2O2/c1-5-3-6(9(2)8)4-7(10)11-5/h5-6H,3-4,8H2,1-2H3. The minimum Gasteiger partial charge on any atom is -0.463 e. The van der Waals surface area contributed by atoms with E-state index in [1.54, 1.807) is 12.1 Å². The van der Waals surface area contributed by atoms with Crippen molar-refractivity contribution in [3.05, 3.63) is 0 Å². The monoisotopic (exact) mass is 158 g/mol. The maximum Gasteiger partial charge on any atom is 0.307 e. The second kappa shape index (κ2) is 3.19. The van der Waals surface area contributed by atoms with Crippen molar-refractivity contribution in [3.63, 3.8) is 0 Å². The quantitative estimate of drug-likeness (QED) is 0.328. The van der Waals surface area contributed by atoms with E-state index in [4.69, 9.17) is 10.6 Å². The van der Waals surface area contributed by atoms with E-state index in [1.165, 1.54) is 0 Å². The van der Waals surface area contributed by atoms with Crippen molar-refractivity contribution in [2.24, 2.45) is 5.84 Å². The molecule has 0 radical (unpaired) electrons. The molecule has 64 valence electrons. The van der Waals surface area contributed by atoms with E-state index >= 15 is 0 Å². The molecule has 2 N–H and O–H groups in total. The molecule has 0 aromatic carbocycles. The van der Waals surface area contributed by atoms with Crippen molar-refractivity contribution in [2.45, 2.75) is 31.9 Å². The summed E-state index contributed by atoms with van der Waals surface area (Å²) < 4.78 is 4.95. The van der Waals surface area contributed by atoms with Gasteiger partial charge in [-0.15, -0.1) is 0 Å². The second-order valence-corrected chi connectivity index (χ2v) is 3.06. The van der Waals surface area contributed by atoms with Gasteiger partial charge in [0.2, 0.25) is 0 Å². The number of hydrogen-bond donors (Lipinski definition) is 1. The minimum absolute atomic E-state index is 0.00671. The fraction of sp³-hybridized carbons (Fsp3) is 0.857. The van der Waals surface area contributed by atoms with Crippen molar-refractivity contribution in [1.29, 1.82) is 0 Å². The summed E-state index contributed by atoms with van der Waals surface area (Å²) >= 11 is 0. The molecule has 1 saturated heterocycles. The first kappa shape index (κ1) is 8.49. The molecule has 11 heavy (non-hydrogen) atoms. The molecule has 1 fully saturated rings. The van der Waals surface area contributed by atoms with E-state index in [0.29, 0.717) is 6.42 Å². The van der Waals surface area contributed by atoms with Gasteiger partial charge in [-0.25, -0.2) is 5.01 Å². The number of cyclic esters (lactones) is 1. The first-order chi connectivity index (χ1) is 5.09. The summed E-state index contributed by atoms with van der Waals surface area (Å²) in [5.74, 6) is 5.37. The predicted molar refractivity (Wildman–Crippen MR) is 40.5 cm³/mol. The summed E-state index contributed by atoms with van der Waals surface area (Å²) in [4.78, 5) is 10.9. The van der Waals surface area contributed by atoms with Gasteiger partial charge in [-0.1, -0.05) is 0 Å². The van der Waals surface area contributed by atoms with Crippen LogP contribution in [0.4, 0.5) is 0 Å². The van der Waals surface area contributed by atoms with Gasteiger partial charge in [-0.05, 0) is 6.92 Å². The molecule has 0 amide bonds. The fourth-order valence-corrected chi connectivity index (χ4v) is 1.29. The van der Waals surface area contributed by atoms with E-state index in [-0.39, 0.29) is 18.1 Å². The number of rotatable bonds is 1. The Labute approximate surface area is 66.3 Å². The molecular formula is C7H14N2O2. The van der Waals surface area contributed by atoms with Crippen LogP contribution in [-0.2, 0) is 9.53 Å². The number of nitrogens with zero attached hydrogens (tertiary/aromatic N) is 1. The summed E-state index contributed by atoms with van der Waals surface area (Å²) in [6.45, 7) is 1.88. The molecule has 4 nitrogen and oxygen atoms in total. The first-order valence-corrected chi connectivity index (χ1v) is 3.76. The normalized spacial score (nSPS) is 32.2. The Morgan fingerprint density at radius 3 is 2.82 bits per heavy atom. The summed E-state index contributed by atoms with van der Waals surface area (Å²) in [5.41, 5.74) is 0. The SMILES string of the molecule is CC1CC(N(C)N)CC(=O)O1. The lowest BCUT2D eigenvalue weighted by atomic mass is 10.0. The number of ether oxygens (including phenoxy) is 1. The van der Waals surface area contributed by atoms with Crippen LogP contribution in [0.5, 0.6) is 0 Å². The average Bonchev–Trinajstić information content (AvgIpc) is 1.85. The van der Waals surface area contributed by atoms with Gasteiger partial charge in [-0.3, -0.25) is 10.6 Å². The van der Waals surface area contributed by atoms with Crippen LogP contribution in [-0.4, -0.2) is 30.2 Å². The molecule has 0 aromatic heterocycles. The minimum atomic E-state index is -0.147. The van der Waals surface area contributed by atoms with Gasteiger partial charge in [0, 0.05) is 19.5 Å². The molecule has 4 heteroatoms. The van der Waals surface area contributed by atoms with Crippen molar-refractivity contribution < 1.29 is 9.53 Å². The third-order valence-electron chi connectivity index (χ3n) is 1.91. The third kappa shape index (κ3) is 2.17. The number of carbonyl (C=O) groups excluding carboxylic acids is 1. The van der Waals surface area contributed by atoms with E-state index in [1.807, 2.05) is 6.92 Å². The van der Waals surface area contributed by atoms with Crippen LogP contribution in [0.25, 0.3) is 0 Å². The Bertz CT molecular complexity index is 159. The average molecular weight is 158 g/mol. The zero-order valence-corrected chi connectivity index (χ0v) is 6.91. The van der Waals surface area contributed by atoms with Crippen molar-refractivity contribution in [2.75, 3.05) is 7.05 Å². The Kier molecular flexibility index (Phi) is 2.46. The predicted octanol–water partition coefficient (Wildman–Crippen LogP) is -0.114. The Hall–Kier alpha value is -0.610. The van der Waals surface area contributed by atoms with Crippen molar-refractivity contribution in [3.8, 4) is 0 Å². The molecule has 1 heterocycles. The number of nitrogens with two attached hydrogens (primary N) is 1. The number of carbonyl (C=O) groups is 1. The highest BCUT2D eigenvalue weighted by molar-refractivity contribution is 5.71. The lowest BCUT2D eigenvalue weighted by molar-refractivity contribution is -0.156. The highest BCUT2D eigenvalue weighted by Crippen LogP contribution is 2.16. The molecule has 1 rings (SSSR count). The van der Waals surface area contributed by atoms with Gasteiger partial charge in [0.25, 0.3) is 0 Å². The molecule has 0 aromatic rings. The van der Waals surface area contributed by atoms with Crippen LogP contribution < -0.4 is 5.84 Å². The van der Waals surface area contributed by atoms with Crippen molar-refractivity contribution in [1.82, 2.24) is 5.01 Å². The maximum atomic E-state index is 10.9. The van der Waals surface area contributed by atoms with Gasteiger partial charge < -0.3 is 4.74 Å². The Balaban J connectivity index is 2.49. The summed E-state index contributed by atoms with van der Waals surface area (Å²) in [6.07, 6.45) is 1.25. The molecule has 0 spiro atoms. The highest BCUT2D eigenvalue weighted by Gasteiger charge is 2.27. The van der Waals surface area contributed by atoms with Gasteiger partial charge >= 0.3 is 5.97 Å². The van der Waals surface area contributed by atoms with Gasteiger partial charge in [0.15, 0.2) is 0 Å². The van der Waals surface area contributed by atoms with Crippen LogP contribution in [0.1, 0.15) is 19.8 Å². The topological polar surface area (TPSA) is 55.6 Å². The van der Waals surface area contributed by atoms with Crippen LogP contribution >= 0.6 is 0 Å². The summed E-state index contributed by atoms with van der Waals surface area (Å²) in [5, 5.41) is 1.58. The lowest BCUT2D eigenvalue weighted by Crippen LogP contribution is -2.44. The third-order valence-corrected chi connectivity index (χ3v) is 1.91. The molecule has 0 bridgehead atoms. The molecule has 2 unspecified atom stereocenters. The smallest absolute Gasteiger partial charge is 0.307 e. The Morgan fingerprint density at radius 2 is 2.36 bits per heavy atom. The largest absolute Gasteiger partial charge is 0.463 e. The zero-order valence-electron chi connectivity index (χ0n) is 6.91. The summed E-state index contributed by atoms with van der Waals surface area (Å²) in [6, 6.07) is 0.145. The number of esters is 1. The molecule has 1 aliphatic rings. The maximum absolute atomic E-state index is 10.9. The zero-order chi connectivity index (χ0) is 8.43. The second-order valence-electron chi connectivity index (χ2n) is 3.06. The Morgan fingerprint density at radius 1 is 1.73 bits per heavy atom. The van der Waals surface area contributed by atoms with Crippen LogP contribution in [0.2, 0.25) is 0 Å². The molecule has 2 atom stereocenters. The molecule has 1 aliphatic heterocycles. The van der Waals surface area contributed by atoms with Gasteiger partial charge in [0.05, 0.1) is 6.42 Å². The van der Waals surface area contributed by atoms with E-state index in [0.717, 1.165) is 6.42 Å². The number of hydrazine groups is 1. The molecule has 0 saturated carbocycles. The van der Waals surface area contributed by atoms with Crippen LogP contribution in [0.15, 0.2) is 0 Å². The molecular weight excluding hydrogens is 144 g/mol.